The SMILES string of the molecule is CCC(O)C1CO1. The molecule has 1 rings (SSSR count). The second-order valence-corrected chi connectivity index (χ2v) is 1.85. The van der Waals surface area contributed by atoms with Gasteiger partial charge in [0.05, 0.1) is 12.7 Å². The summed E-state index contributed by atoms with van der Waals surface area (Å²) in [5, 5.41) is 8.87. The van der Waals surface area contributed by atoms with Crippen molar-refractivity contribution in [2.75, 3.05) is 6.61 Å². The normalized spacial score (nSPS) is 32.6. The van der Waals surface area contributed by atoms with Crippen molar-refractivity contribution in [3.63, 3.8) is 0 Å². The molecule has 42 valence electrons. The maximum absolute atomic E-state index is 8.87. The zero-order chi connectivity index (χ0) is 5.28. The fraction of sp³-hybridized carbons (Fsp3) is 1.00. The van der Waals surface area contributed by atoms with Gasteiger partial charge in [0.25, 0.3) is 0 Å². The summed E-state index contributed by atoms with van der Waals surface area (Å²) in [6, 6.07) is 0. The van der Waals surface area contributed by atoms with E-state index in [0.29, 0.717) is 0 Å². The van der Waals surface area contributed by atoms with Gasteiger partial charge >= 0.3 is 0 Å². The zero-order valence-electron chi connectivity index (χ0n) is 4.42. The highest BCUT2D eigenvalue weighted by atomic mass is 16.6. The molecule has 0 aromatic heterocycles. The van der Waals surface area contributed by atoms with E-state index in [-0.39, 0.29) is 12.2 Å². The molecule has 7 heavy (non-hydrogen) atoms. The summed E-state index contributed by atoms with van der Waals surface area (Å²) in [5.74, 6) is 0. The van der Waals surface area contributed by atoms with E-state index in [2.05, 4.69) is 0 Å². The molecular formula is C5H10O2. The Morgan fingerprint density at radius 1 is 2.00 bits per heavy atom. The molecule has 0 aromatic rings. The lowest BCUT2D eigenvalue weighted by Crippen LogP contribution is -2.11. The predicted molar refractivity (Wildman–Crippen MR) is 26.0 cm³/mol. The van der Waals surface area contributed by atoms with Crippen LogP contribution in [0.15, 0.2) is 0 Å². The first-order valence-electron chi connectivity index (χ1n) is 2.64. The van der Waals surface area contributed by atoms with Crippen LogP contribution in [0.5, 0.6) is 0 Å². The van der Waals surface area contributed by atoms with Gasteiger partial charge in [-0.15, -0.1) is 0 Å². The molecule has 0 spiro atoms. The first-order chi connectivity index (χ1) is 3.34. The zero-order valence-corrected chi connectivity index (χ0v) is 4.42. The molecule has 0 saturated carbocycles. The number of aliphatic hydroxyl groups is 1. The van der Waals surface area contributed by atoms with Crippen LogP contribution < -0.4 is 0 Å². The van der Waals surface area contributed by atoms with Gasteiger partial charge in [-0.3, -0.25) is 0 Å². The van der Waals surface area contributed by atoms with E-state index < -0.39 is 0 Å². The quantitative estimate of drug-likeness (QED) is 0.503. The third-order valence-electron chi connectivity index (χ3n) is 1.21. The van der Waals surface area contributed by atoms with Gasteiger partial charge in [-0.05, 0) is 6.42 Å². The standard InChI is InChI=1S/C5H10O2/c1-2-4(6)5-3-7-5/h4-6H,2-3H2,1H3. The van der Waals surface area contributed by atoms with Crippen LogP contribution in [0.3, 0.4) is 0 Å². The lowest BCUT2D eigenvalue weighted by Gasteiger charge is -1.98. The molecule has 0 amide bonds. The third-order valence-corrected chi connectivity index (χ3v) is 1.21. The summed E-state index contributed by atoms with van der Waals surface area (Å²) in [6.45, 7) is 2.71. The van der Waals surface area contributed by atoms with Crippen molar-refractivity contribution < 1.29 is 9.84 Å². The molecule has 2 nitrogen and oxygen atoms in total. The minimum absolute atomic E-state index is 0.171. The number of rotatable bonds is 2. The molecule has 1 aliphatic heterocycles. The molecule has 1 N–H and O–H groups in total. The molecule has 0 aliphatic carbocycles. The molecule has 2 unspecified atom stereocenters. The van der Waals surface area contributed by atoms with Crippen molar-refractivity contribution in [3.05, 3.63) is 0 Å². The van der Waals surface area contributed by atoms with Gasteiger partial charge in [-0.1, -0.05) is 6.92 Å². The van der Waals surface area contributed by atoms with Crippen molar-refractivity contribution >= 4 is 0 Å². The van der Waals surface area contributed by atoms with E-state index in [9.17, 15) is 0 Å². The van der Waals surface area contributed by atoms with Gasteiger partial charge in [0.1, 0.15) is 6.10 Å². The first-order valence-corrected chi connectivity index (χ1v) is 2.64. The van der Waals surface area contributed by atoms with E-state index in [1.54, 1.807) is 0 Å². The predicted octanol–water partition coefficient (Wildman–Crippen LogP) is 0.156. The average molecular weight is 102 g/mol. The van der Waals surface area contributed by atoms with Crippen LogP contribution in [-0.2, 0) is 4.74 Å². The Morgan fingerprint density at radius 2 is 2.57 bits per heavy atom. The van der Waals surface area contributed by atoms with Crippen LogP contribution >= 0.6 is 0 Å². The molecule has 0 bridgehead atoms. The Morgan fingerprint density at radius 3 is 2.71 bits per heavy atom. The summed E-state index contributed by atoms with van der Waals surface area (Å²) in [4.78, 5) is 0. The van der Waals surface area contributed by atoms with E-state index >= 15 is 0 Å². The van der Waals surface area contributed by atoms with Gasteiger partial charge in [0, 0.05) is 0 Å². The molecular weight excluding hydrogens is 92.1 g/mol. The smallest absolute Gasteiger partial charge is 0.107 e. The fourth-order valence-electron chi connectivity index (χ4n) is 0.541. The van der Waals surface area contributed by atoms with Crippen molar-refractivity contribution in [2.45, 2.75) is 25.6 Å². The van der Waals surface area contributed by atoms with Gasteiger partial charge < -0.3 is 9.84 Å². The van der Waals surface area contributed by atoms with Gasteiger partial charge in [0.15, 0.2) is 0 Å². The van der Waals surface area contributed by atoms with Gasteiger partial charge in [-0.2, -0.15) is 0 Å². The van der Waals surface area contributed by atoms with Crippen LogP contribution in [0.2, 0.25) is 0 Å². The highest BCUT2D eigenvalue weighted by molar-refractivity contribution is 4.76. The number of hydrogen-bond acceptors (Lipinski definition) is 2. The van der Waals surface area contributed by atoms with E-state index in [0.717, 1.165) is 13.0 Å². The fourth-order valence-corrected chi connectivity index (χ4v) is 0.541. The van der Waals surface area contributed by atoms with Crippen LogP contribution in [-0.4, -0.2) is 23.9 Å². The maximum atomic E-state index is 8.87. The van der Waals surface area contributed by atoms with Gasteiger partial charge in [-0.25, -0.2) is 0 Å². The molecule has 0 aromatic carbocycles. The van der Waals surface area contributed by atoms with Crippen LogP contribution in [0.1, 0.15) is 13.3 Å². The van der Waals surface area contributed by atoms with Crippen LogP contribution in [0, 0.1) is 0 Å². The topological polar surface area (TPSA) is 32.8 Å². The summed E-state index contributed by atoms with van der Waals surface area (Å²) < 4.78 is 4.81. The van der Waals surface area contributed by atoms with Crippen molar-refractivity contribution in [1.29, 1.82) is 0 Å². The number of aliphatic hydroxyl groups excluding tert-OH is 1. The number of epoxide rings is 1. The Bertz CT molecular complexity index is 59.1. The summed E-state index contributed by atoms with van der Waals surface area (Å²) in [7, 11) is 0. The van der Waals surface area contributed by atoms with Crippen LogP contribution in [0.4, 0.5) is 0 Å². The maximum Gasteiger partial charge on any atom is 0.107 e. The largest absolute Gasteiger partial charge is 0.390 e. The summed E-state index contributed by atoms with van der Waals surface area (Å²) >= 11 is 0. The molecule has 2 heteroatoms. The molecule has 1 fully saturated rings. The molecule has 2 atom stereocenters. The Labute approximate surface area is 43.1 Å². The van der Waals surface area contributed by atoms with E-state index in [4.69, 9.17) is 9.84 Å². The van der Waals surface area contributed by atoms with E-state index in [1.165, 1.54) is 0 Å². The Kier molecular flexibility index (Phi) is 1.30. The number of hydrogen-bond donors (Lipinski definition) is 1. The summed E-state index contributed by atoms with van der Waals surface area (Å²) in [5.41, 5.74) is 0. The Hall–Kier alpha value is -0.0800. The van der Waals surface area contributed by atoms with Crippen molar-refractivity contribution in [3.8, 4) is 0 Å². The monoisotopic (exact) mass is 102 g/mol. The highest BCUT2D eigenvalue weighted by Crippen LogP contribution is 2.15. The minimum atomic E-state index is -0.208. The second kappa shape index (κ2) is 1.80. The molecule has 1 heterocycles. The van der Waals surface area contributed by atoms with Gasteiger partial charge in [0.2, 0.25) is 0 Å². The first kappa shape index (κ1) is 5.06. The highest BCUT2D eigenvalue weighted by Gasteiger charge is 2.29. The molecule has 1 saturated heterocycles. The third kappa shape index (κ3) is 1.14. The minimum Gasteiger partial charge on any atom is -0.390 e. The Balaban J connectivity index is 2.10. The van der Waals surface area contributed by atoms with Crippen LogP contribution in [0.25, 0.3) is 0 Å². The molecule has 1 aliphatic rings. The average Bonchev–Trinajstić information content (AvgIpc) is 2.44. The molecule has 0 radical (unpaired) electrons. The van der Waals surface area contributed by atoms with Crippen molar-refractivity contribution in [1.82, 2.24) is 0 Å². The van der Waals surface area contributed by atoms with Crippen molar-refractivity contribution in [2.24, 2.45) is 0 Å². The second-order valence-electron chi connectivity index (χ2n) is 1.85. The lowest BCUT2D eigenvalue weighted by molar-refractivity contribution is 0.131. The lowest BCUT2D eigenvalue weighted by atomic mass is 10.2. The number of ether oxygens (including phenoxy) is 1. The summed E-state index contributed by atoms with van der Waals surface area (Å²) in [6.07, 6.45) is 0.773. The van der Waals surface area contributed by atoms with E-state index in [1.807, 2.05) is 6.92 Å².